The monoisotopic (exact) mass is 517 g/mol. The van der Waals surface area contributed by atoms with Crippen LogP contribution >= 0.6 is 23.2 Å². The summed E-state index contributed by atoms with van der Waals surface area (Å²) in [7, 11) is -4.05. The molecule has 33 heavy (non-hydrogen) atoms. The normalized spacial score (nSPS) is 19.1. The van der Waals surface area contributed by atoms with E-state index in [1.807, 2.05) is 0 Å². The molecule has 0 unspecified atom stereocenters. The number of carbonyl (C=O) groups is 2. The summed E-state index contributed by atoms with van der Waals surface area (Å²) in [5.74, 6) is -0.567. The first kappa shape index (κ1) is 26.3. The van der Waals surface area contributed by atoms with Crippen LogP contribution in [-0.4, -0.2) is 38.4 Å². The maximum Gasteiger partial charge on any atom is 0.241 e. The Hall–Kier alpha value is -1.35. The van der Waals surface area contributed by atoms with Gasteiger partial charge < -0.3 is 10.6 Å². The third kappa shape index (κ3) is 8.12. The summed E-state index contributed by atoms with van der Waals surface area (Å²) < 4.78 is 28.4. The number of hydrogen-bond donors (Lipinski definition) is 3. The van der Waals surface area contributed by atoms with Crippen LogP contribution in [0.2, 0.25) is 10.0 Å². The lowest BCUT2D eigenvalue weighted by Gasteiger charge is -2.26. The minimum absolute atomic E-state index is 0.0271. The molecule has 184 valence electrons. The van der Waals surface area contributed by atoms with Gasteiger partial charge >= 0.3 is 0 Å². The smallest absolute Gasteiger partial charge is 0.241 e. The van der Waals surface area contributed by atoms with Crippen molar-refractivity contribution in [3.8, 4) is 0 Å². The average molecular weight is 519 g/mol. The topological polar surface area (TPSA) is 104 Å². The molecule has 0 bridgehead atoms. The molecule has 0 saturated heterocycles. The van der Waals surface area contributed by atoms with Crippen LogP contribution < -0.4 is 15.4 Å². The first-order valence-electron chi connectivity index (χ1n) is 11.8. The molecule has 7 nitrogen and oxygen atoms in total. The van der Waals surface area contributed by atoms with Gasteiger partial charge in [-0.2, -0.15) is 4.72 Å². The van der Waals surface area contributed by atoms with Crippen LogP contribution in [0.5, 0.6) is 0 Å². The zero-order valence-electron chi connectivity index (χ0n) is 18.7. The van der Waals surface area contributed by atoms with Crippen molar-refractivity contribution in [2.24, 2.45) is 0 Å². The molecule has 0 spiro atoms. The zero-order chi connectivity index (χ0) is 23.8. The molecule has 0 heterocycles. The minimum Gasteiger partial charge on any atom is -0.353 e. The molecule has 1 aromatic rings. The maximum absolute atomic E-state index is 13.0. The van der Waals surface area contributed by atoms with Crippen molar-refractivity contribution in [1.29, 1.82) is 0 Å². The standard InChI is InChI=1S/C23H33Cl2N3O4S/c24-19-12-11-18(15-20(19)25)33(31,32)28-21(23(30)27-17-9-5-2-6-10-17)13-14-22(29)26-16-7-3-1-4-8-16/h11-12,15-17,21,28H,1-10,13-14H2,(H,26,29)(H,27,30)/t21-/m0/s1. The van der Waals surface area contributed by atoms with E-state index in [1.54, 1.807) is 0 Å². The second-order valence-corrected chi connectivity index (χ2v) is 11.6. The number of benzene rings is 1. The SMILES string of the molecule is O=C(CC[C@H](NS(=O)(=O)c1ccc(Cl)c(Cl)c1)C(=O)NC1CCCCC1)NC1CCCCC1. The summed E-state index contributed by atoms with van der Waals surface area (Å²) in [6, 6.07) is 3.10. The summed E-state index contributed by atoms with van der Waals surface area (Å²) in [6.45, 7) is 0. The van der Waals surface area contributed by atoms with Crippen LogP contribution in [-0.2, 0) is 19.6 Å². The van der Waals surface area contributed by atoms with Gasteiger partial charge in [-0.25, -0.2) is 8.42 Å². The van der Waals surface area contributed by atoms with E-state index in [4.69, 9.17) is 23.2 Å². The van der Waals surface area contributed by atoms with E-state index in [-0.39, 0.29) is 45.8 Å². The molecule has 10 heteroatoms. The first-order valence-corrected chi connectivity index (χ1v) is 14.1. The van der Waals surface area contributed by atoms with E-state index in [0.29, 0.717) is 0 Å². The molecule has 1 atom stereocenters. The molecular formula is C23H33Cl2N3O4S. The molecule has 0 aliphatic heterocycles. The molecule has 0 aromatic heterocycles. The third-order valence-corrected chi connectivity index (χ3v) is 8.61. The second-order valence-electron chi connectivity index (χ2n) is 9.03. The van der Waals surface area contributed by atoms with E-state index in [0.717, 1.165) is 57.8 Å². The fourth-order valence-electron chi connectivity index (χ4n) is 4.51. The number of amides is 2. The summed E-state index contributed by atoms with van der Waals surface area (Å²) in [4.78, 5) is 25.4. The Morgan fingerprint density at radius 1 is 0.879 bits per heavy atom. The third-order valence-electron chi connectivity index (χ3n) is 6.40. The van der Waals surface area contributed by atoms with E-state index in [1.165, 1.54) is 24.6 Å². The first-order chi connectivity index (χ1) is 15.7. The predicted octanol–water partition coefficient (Wildman–Crippen LogP) is 4.32. The van der Waals surface area contributed by atoms with E-state index in [9.17, 15) is 18.0 Å². The molecular weight excluding hydrogens is 485 g/mol. The molecule has 1 aromatic carbocycles. The Labute approximate surface area is 206 Å². The lowest BCUT2D eigenvalue weighted by molar-refractivity contribution is -0.124. The van der Waals surface area contributed by atoms with Gasteiger partial charge in [-0.1, -0.05) is 61.7 Å². The fourth-order valence-corrected chi connectivity index (χ4v) is 6.13. The molecule has 0 radical (unpaired) electrons. The Balaban J connectivity index is 1.67. The van der Waals surface area contributed by atoms with Crippen molar-refractivity contribution >= 4 is 45.0 Å². The van der Waals surface area contributed by atoms with Crippen LogP contribution in [0.15, 0.2) is 23.1 Å². The molecule has 3 rings (SSSR count). The average Bonchev–Trinajstić information content (AvgIpc) is 2.79. The number of hydrogen-bond acceptors (Lipinski definition) is 4. The van der Waals surface area contributed by atoms with Crippen molar-refractivity contribution in [3.63, 3.8) is 0 Å². The van der Waals surface area contributed by atoms with Crippen LogP contribution in [0.25, 0.3) is 0 Å². The van der Waals surface area contributed by atoms with Crippen molar-refractivity contribution in [2.45, 2.75) is 100 Å². The Bertz CT molecular complexity index is 930. The van der Waals surface area contributed by atoms with E-state index >= 15 is 0 Å². The van der Waals surface area contributed by atoms with Gasteiger partial charge in [0.05, 0.1) is 14.9 Å². The highest BCUT2D eigenvalue weighted by molar-refractivity contribution is 7.89. The van der Waals surface area contributed by atoms with Gasteiger partial charge in [0, 0.05) is 18.5 Å². The quantitative estimate of drug-likeness (QED) is 0.453. The molecule has 3 N–H and O–H groups in total. The Morgan fingerprint density at radius 2 is 1.45 bits per heavy atom. The van der Waals surface area contributed by atoms with Crippen molar-refractivity contribution in [1.82, 2.24) is 15.4 Å². The van der Waals surface area contributed by atoms with E-state index in [2.05, 4.69) is 15.4 Å². The zero-order valence-corrected chi connectivity index (χ0v) is 21.1. The van der Waals surface area contributed by atoms with Gasteiger partial charge in [-0.15, -0.1) is 0 Å². The van der Waals surface area contributed by atoms with E-state index < -0.39 is 22.0 Å². The molecule has 2 saturated carbocycles. The number of halogens is 2. The number of sulfonamides is 1. The number of nitrogens with one attached hydrogen (secondary N) is 3. The van der Waals surface area contributed by atoms with Gasteiger partial charge in [0.2, 0.25) is 21.8 Å². The van der Waals surface area contributed by atoms with Gasteiger partial charge in [-0.05, 0) is 50.3 Å². The van der Waals surface area contributed by atoms with Crippen molar-refractivity contribution < 1.29 is 18.0 Å². The Morgan fingerprint density at radius 3 is 2.03 bits per heavy atom. The number of rotatable bonds is 9. The highest BCUT2D eigenvalue weighted by Gasteiger charge is 2.29. The largest absolute Gasteiger partial charge is 0.353 e. The van der Waals surface area contributed by atoms with Gasteiger partial charge in [0.1, 0.15) is 6.04 Å². The molecule has 2 aliphatic rings. The second kappa shape index (κ2) is 12.4. The maximum atomic E-state index is 13.0. The number of carbonyl (C=O) groups excluding carboxylic acids is 2. The minimum atomic E-state index is -4.05. The van der Waals surface area contributed by atoms with Crippen molar-refractivity contribution in [2.75, 3.05) is 0 Å². The van der Waals surface area contributed by atoms with Gasteiger partial charge in [0.15, 0.2) is 0 Å². The lowest BCUT2D eigenvalue weighted by atomic mass is 9.95. The lowest BCUT2D eigenvalue weighted by Crippen LogP contribution is -2.50. The van der Waals surface area contributed by atoms with Gasteiger partial charge in [-0.3, -0.25) is 9.59 Å². The van der Waals surface area contributed by atoms with Crippen LogP contribution in [0.3, 0.4) is 0 Å². The highest BCUT2D eigenvalue weighted by atomic mass is 35.5. The summed E-state index contributed by atoms with van der Waals surface area (Å²) in [5.41, 5.74) is 0. The molecule has 2 amide bonds. The van der Waals surface area contributed by atoms with Gasteiger partial charge in [0.25, 0.3) is 0 Å². The summed E-state index contributed by atoms with van der Waals surface area (Å²) in [5, 5.41) is 6.34. The Kier molecular flexibility index (Phi) is 9.85. The van der Waals surface area contributed by atoms with Crippen LogP contribution in [0, 0.1) is 0 Å². The summed E-state index contributed by atoms with van der Waals surface area (Å²) >= 11 is 11.9. The van der Waals surface area contributed by atoms with Crippen LogP contribution in [0.4, 0.5) is 0 Å². The van der Waals surface area contributed by atoms with Crippen LogP contribution in [0.1, 0.15) is 77.0 Å². The summed E-state index contributed by atoms with van der Waals surface area (Å²) in [6.07, 6.45) is 10.4. The molecule has 2 fully saturated rings. The molecule has 2 aliphatic carbocycles. The van der Waals surface area contributed by atoms with Crippen molar-refractivity contribution in [3.05, 3.63) is 28.2 Å². The highest BCUT2D eigenvalue weighted by Crippen LogP contribution is 2.25. The fraction of sp³-hybridized carbons (Fsp3) is 0.652. The predicted molar refractivity (Wildman–Crippen MR) is 130 cm³/mol.